The molecule has 24 heavy (non-hydrogen) atoms. The van der Waals surface area contributed by atoms with Crippen molar-refractivity contribution in [3.05, 3.63) is 58.3 Å². The lowest BCUT2D eigenvalue weighted by Crippen LogP contribution is -3.00. The molecule has 1 aromatic rings. The van der Waals surface area contributed by atoms with Gasteiger partial charge in [-0.3, -0.25) is 4.79 Å². The number of hydrogen-bond acceptors (Lipinski definition) is 3. The molecule has 1 aliphatic heterocycles. The number of nitrogen functional groups attached to an aromatic ring is 1. The summed E-state index contributed by atoms with van der Waals surface area (Å²) in [6, 6.07) is 9.34. The summed E-state index contributed by atoms with van der Waals surface area (Å²) in [5, 5.41) is 0. The molecule has 1 aromatic carbocycles. The van der Waals surface area contributed by atoms with Crippen LogP contribution in [0.15, 0.2) is 47.3 Å². The number of aromatic nitrogens is 1. The highest BCUT2D eigenvalue weighted by Gasteiger charge is 2.17. The highest BCUT2D eigenvalue weighted by Crippen LogP contribution is 2.31. The van der Waals surface area contributed by atoms with Crippen LogP contribution in [0.3, 0.4) is 0 Å². The Hall–Kier alpha value is -1.72. The van der Waals surface area contributed by atoms with Gasteiger partial charge in [0.15, 0.2) is 5.43 Å². The summed E-state index contributed by atoms with van der Waals surface area (Å²) in [6.45, 7) is 0. The first kappa shape index (κ1) is 17.1. The molecule has 0 radical (unpaired) electrons. The summed E-state index contributed by atoms with van der Waals surface area (Å²) in [4.78, 5) is 15.9. The predicted molar refractivity (Wildman–Crippen MR) is 95.9 cm³/mol. The van der Waals surface area contributed by atoms with E-state index in [1.54, 1.807) is 23.5 Å². The number of halogens is 1. The van der Waals surface area contributed by atoms with E-state index in [0.29, 0.717) is 5.92 Å². The van der Waals surface area contributed by atoms with Gasteiger partial charge in [0.25, 0.3) is 0 Å². The number of fused-ring (bicyclic) bond motifs is 2. The molecule has 0 aromatic heterocycles. The lowest BCUT2D eigenvalue weighted by Gasteiger charge is -2.17. The number of H-pyrrole nitrogens is 1. The van der Waals surface area contributed by atoms with Gasteiger partial charge in [0.2, 0.25) is 11.2 Å². The number of nitrogens with one attached hydrogen (secondary N) is 1. The second-order valence-corrected chi connectivity index (χ2v) is 7.34. The van der Waals surface area contributed by atoms with Crippen molar-refractivity contribution in [2.45, 2.75) is 25.7 Å². The molecular weight excluding hydrogens is 384 g/mol. The Bertz CT molecular complexity index is 934. The van der Waals surface area contributed by atoms with Crippen molar-refractivity contribution >= 4 is 27.2 Å². The number of anilines is 1. The van der Waals surface area contributed by atoms with Crippen molar-refractivity contribution in [3.8, 4) is 10.6 Å². The zero-order chi connectivity index (χ0) is 15.8. The summed E-state index contributed by atoms with van der Waals surface area (Å²) in [5.74, 6) is 0.593. The molecular formula is C19H19BrN2OS. The van der Waals surface area contributed by atoms with Gasteiger partial charge >= 0.3 is 0 Å². The van der Waals surface area contributed by atoms with Crippen LogP contribution < -0.4 is 33.1 Å². The van der Waals surface area contributed by atoms with Crippen LogP contribution in [-0.4, -0.2) is 0 Å². The van der Waals surface area contributed by atoms with Gasteiger partial charge in [-0.05, 0) is 49.3 Å². The van der Waals surface area contributed by atoms with E-state index in [9.17, 15) is 4.79 Å². The van der Waals surface area contributed by atoms with Crippen LogP contribution in [0.1, 0.15) is 24.8 Å². The Morgan fingerprint density at radius 3 is 2.92 bits per heavy atom. The van der Waals surface area contributed by atoms with E-state index in [-0.39, 0.29) is 22.4 Å². The maximum absolute atomic E-state index is 11.5. The van der Waals surface area contributed by atoms with Crippen molar-refractivity contribution in [1.29, 1.82) is 0 Å². The van der Waals surface area contributed by atoms with Gasteiger partial charge in [0, 0.05) is 23.9 Å². The normalized spacial score (nSPS) is 17.1. The third-order valence-corrected chi connectivity index (χ3v) is 5.64. The third kappa shape index (κ3) is 3.37. The Balaban J connectivity index is 0.00000169. The second-order valence-electron chi connectivity index (χ2n) is 6.26. The van der Waals surface area contributed by atoms with Crippen LogP contribution in [0, 0.1) is 5.92 Å². The number of rotatable bonds is 2. The average Bonchev–Trinajstić information content (AvgIpc) is 2.55. The van der Waals surface area contributed by atoms with Gasteiger partial charge in [-0.15, -0.1) is 11.3 Å². The van der Waals surface area contributed by atoms with Gasteiger partial charge in [0.1, 0.15) is 9.58 Å². The molecule has 1 heterocycles. The first-order chi connectivity index (χ1) is 11.2. The summed E-state index contributed by atoms with van der Waals surface area (Å²) in [6.07, 6.45) is 9.32. The topological polar surface area (TPSA) is 57.2 Å². The van der Waals surface area contributed by atoms with Crippen molar-refractivity contribution in [2.75, 3.05) is 5.73 Å². The quantitative estimate of drug-likeness (QED) is 0.389. The molecule has 1 atom stereocenters. The molecule has 3 aliphatic rings. The van der Waals surface area contributed by atoms with Crippen molar-refractivity contribution < 1.29 is 22.0 Å². The fourth-order valence-corrected chi connectivity index (χ4v) is 4.34. The fourth-order valence-electron chi connectivity index (χ4n) is 3.29. The van der Waals surface area contributed by atoms with E-state index in [0.717, 1.165) is 32.9 Å². The van der Waals surface area contributed by atoms with E-state index in [1.807, 2.05) is 12.1 Å². The standard InChI is InChI=1S/C19H18N2OS.BrH/c20-15-11-19-17(9-13(15)8-12-4-2-1-3-5-12)21-16-7-6-14(22)10-18(16)23-19;/h2,4,6-7,9-12H,1,3,5,8,20H2;1H. The molecule has 0 amide bonds. The Kier molecular flexibility index (Phi) is 5.01. The number of nitrogens with two attached hydrogens (primary N) is 1. The number of allylic oxidation sites excluding steroid dienone is 2. The van der Waals surface area contributed by atoms with Gasteiger partial charge in [-0.25, -0.2) is 4.98 Å². The monoisotopic (exact) mass is 402 g/mol. The Morgan fingerprint density at radius 2 is 2.12 bits per heavy atom. The molecule has 1 unspecified atom stereocenters. The zero-order valence-corrected chi connectivity index (χ0v) is 15.6. The summed E-state index contributed by atoms with van der Waals surface area (Å²) >= 11 is 1.61. The molecule has 4 rings (SSSR count). The lowest BCUT2D eigenvalue weighted by atomic mass is 9.89. The maximum atomic E-state index is 11.5. The smallest absolute Gasteiger partial charge is 0.221 e. The van der Waals surface area contributed by atoms with Crippen molar-refractivity contribution in [2.24, 2.45) is 5.92 Å². The van der Waals surface area contributed by atoms with E-state index in [4.69, 9.17) is 5.73 Å². The highest BCUT2D eigenvalue weighted by molar-refractivity contribution is 7.21. The van der Waals surface area contributed by atoms with Crippen LogP contribution in [0.5, 0.6) is 0 Å². The van der Waals surface area contributed by atoms with Gasteiger partial charge in [-0.1, -0.05) is 12.2 Å². The van der Waals surface area contributed by atoms with Crippen LogP contribution in [0.4, 0.5) is 5.69 Å². The molecule has 2 aliphatic carbocycles. The molecule has 3 nitrogen and oxygen atoms in total. The number of benzene rings is 2. The van der Waals surface area contributed by atoms with E-state index < -0.39 is 0 Å². The summed E-state index contributed by atoms with van der Waals surface area (Å²) < 4.78 is 1.09. The van der Waals surface area contributed by atoms with Crippen molar-refractivity contribution in [1.82, 2.24) is 0 Å². The van der Waals surface area contributed by atoms with Gasteiger partial charge in [-0.2, -0.15) is 0 Å². The first-order valence-electron chi connectivity index (χ1n) is 8.04. The Morgan fingerprint density at radius 1 is 1.25 bits per heavy atom. The van der Waals surface area contributed by atoms with Crippen molar-refractivity contribution in [3.63, 3.8) is 0 Å². The molecule has 0 saturated heterocycles. The zero-order valence-electron chi connectivity index (χ0n) is 13.2. The minimum Gasteiger partial charge on any atom is -1.00 e. The van der Waals surface area contributed by atoms with Crippen LogP contribution in [0.2, 0.25) is 0 Å². The maximum Gasteiger partial charge on any atom is 0.221 e. The Labute approximate surface area is 155 Å². The van der Waals surface area contributed by atoms with Gasteiger partial charge < -0.3 is 22.7 Å². The molecule has 0 spiro atoms. The molecule has 0 fully saturated rings. The minimum absolute atomic E-state index is 0. The average molecular weight is 403 g/mol. The highest BCUT2D eigenvalue weighted by atomic mass is 79.9. The summed E-state index contributed by atoms with van der Waals surface area (Å²) in [5.41, 5.74) is 10.5. The van der Waals surface area contributed by atoms with E-state index >= 15 is 0 Å². The predicted octanol–water partition coefficient (Wildman–Crippen LogP) is 0.665. The van der Waals surface area contributed by atoms with Crippen LogP contribution >= 0.6 is 11.3 Å². The number of aromatic amines is 1. The van der Waals surface area contributed by atoms with Crippen LogP contribution in [-0.2, 0) is 6.42 Å². The summed E-state index contributed by atoms with van der Waals surface area (Å²) in [7, 11) is 0. The van der Waals surface area contributed by atoms with E-state index in [1.165, 1.54) is 24.8 Å². The number of hydrogen-bond donors (Lipinski definition) is 1. The molecule has 0 saturated carbocycles. The first-order valence-corrected chi connectivity index (χ1v) is 8.86. The third-order valence-electron chi connectivity index (χ3n) is 4.52. The molecule has 5 heteroatoms. The molecule has 0 bridgehead atoms. The molecule has 3 N–H and O–H groups in total. The lowest BCUT2D eigenvalue weighted by molar-refractivity contribution is -0.330. The SMILES string of the molecule is Nc1cc2sc3cc(=O)ccc-3[nH+]c2cc1CC1C=CCCC1.[Br-]. The van der Waals surface area contributed by atoms with E-state index in [2.05, 4.69) is 23.2 Å². The van der Waals surface area contributed by atoms with Gasteiger partial charge in [0.05, 0.1) is 0 Å². The van der Waals surface area contributed by atoms with Crippen LogP contribution in [0.25, 0.3) is 20.8 Å². The largest absolute Gasteiger partial charge is 1.00 e. The second kappa shape index (κ2) is 7.03. The molecule has 124 valence electrons. The fraction of sp³-hybridized carbons (Fsp3) is 0.263. The minimum atomic E-state index is 0.